The second-order valence-electron chi connectivity index (χ2n) is 5.03. The van der Waals surface area contributed by atoms with Crippen molar-refractivity contribution in [1.82, 2.24) is 0 Å². The molecular weight excluding hydrogens is 248 g/mol. The highest BCUT2D eigenvalue weighted by atomic mass is 16.5. The van der Waals surface area contributed by atoms with Crippen LogP contribution in [-0.4, -0.2) is 12.4 Å². The second-order valence-corrected chi connectivity index (χ2v) is 5.03. The summed E-state index contributed by atoms with van der Waals surface area (Å²) in [4.78, 5) is 12.2. The Morgan fingerprint density at radius 2 is 1.90 bits per heavy atom. The molecule has 104 valence electrons. The number of Topliss-reactive ketones (excluding diaryl/α,β-unsaturated/α-hetero) is 1. The zero-order valence-electron chi connectivity index (χ0n) is 12.3. The van der Waals surface area contributed by atoms with Crippen molar-refractivity contribution < 1.29 is 9.53 Å². The number of carbonyl (C=O) groups is 1. The summed E-state index contributed by atoms with van der Waals surface area (Å²) in [7, 11) is 0. The maximum absolute atomic E-state index is 12.2. The van der Waals surface area contributed by atoms with E-state index < -0.39 is 0 Å². The lowest BCUT2D eigenvalue weighted by Gasteiger charge is -2.09. The van der Waals surface area contributed by atoms with Crippen molar-refractivity contribution in [2.75, 3.05) is 6.61 Å². The lowest BCUT2D eigenvalue weighted by Crippen LogP contribution is -2.13. The summed E-state index contributed by atoms with van der Waals surface area (Å²) in [6.07, 6.45) is 0.961. The van der Waals surface area contributed by atoms with Crippen molar-refractivity contribution in [1.29, 1.82) is 0 Å². The van der Waals surface area contributed by atoms with Gasteiger partial charge in [0.15, 0.2) is 12.4 Å². The van der Waals surface area contributed by atoms with Gasteiger partial charge in [0.25, 0.3) is 0 Å². The molecule has 0 aromatic heterocycles. The van der Waals surface area contributed by atoms with E-state index in [4.69, 9.17) is 4.74 Å². The summed E-state index contributed by atoms with van der Waals surface area (Å²) < 4.78 is 5.60. The van der Waals surface area contributed by atoms with E-state index in [1.165, 1.54) is 5.56 Å². The van der Waals surface area contributed by atoms with Crippen LogP contribution in [0.1, 0.15) is 34.0 Å². The molecule has 0 saturated carbocycles. The van der Waals surface area contributed by atoms with Crippen LogP contribution in [0.15, 0.2) is 42.5 Å². The van der Waals surface area contributed by atoms with E-state index >= 15 is 0 Å². The predicted octanol–water partition coefficient (Wildman–Crippen LogP) is 4.13. The molecule has 0 fully saturated rings. The fourth-order valence-electron chi connectivity index (χ4n) is 2.21. The maximum atomic E-state index is 12.2. The van der Waals surface area contributed by atoms with Gasteiger partial charge in [-0.2, -0.15) is 0 Å². The van der Waals surface area contributed by atoms with Crippen molar-refractivity contribution in [3.63, 3.8) is 0 Å². The lowest BCUT2D eigenvalue weighted by atomic mass is 10.0. The first-order valence-electron chi connectivity index (χ1n) is 6.92. The average Bonchev–Trinajstić information content (AvgIpc) is 2.45. The van der Waals surface area contributed by atoms with E-state index in [9.17, 15) is 4.79 Å². The third-order valence-corrected chi connectivity index (χ3v) is 3.36. The molecule has 0 heterocycles. The summed E-state index contributed by atoms with van der Waals surface area (Å²) in [5.41, 5.74) is 4.11. The van der Waals surface area contributed by atoms with Crippen LogP contribution in [0.4, 0.5) is 0 Å². The standard InChI is InChI=1S/C18H20O2/c1-4-15-6-5-7-16(11-15)20-12-18(19)17-9-8-13(2)10-14(17)3/h5-11H,4,12H2,1-3H3. The molecule has 0 saturated heterocycles. The SMILES string of the molecule is CCc1cccc(OCC(=O)c2ccc(C)cc2C)c1. The molecule has 0 amide bonds. The third kappa shape index (κ3) is 3.47. The number of aryl methyl sites for hydroxylation is 3. The summed E-state index contributed by atoms with van der Waals surface area (Å²) in [5.74, 6) is 0.770. The molecule has 2 nitrogen and oxygen atoms in total. The number of hydrogen-bond donors (Lipinski definition) is 0. The van der Waals surface area contributed by atoms with Gasteiger partial charge in [-0.3, -0.25) is 4.79 Å². The Balaban J connectivity index is 2.04. The smallest absolute Gasteiger partial charge is 0.200 e. The molecule has 0 aliphatic heterocycles. The number of ether oxygens (including phenoxy) is 1. The Labute approximate surface area is 120 Å². The minimum absolute atomic E-state index is 0.0180. The fourth-order valence-corrected chi connectivity index (χ4v) is 2.21. The molecule has 2 aromatic carbocycles. The molecule has 0 bridgehead atoms. The Kier molecular flexibility index (Phi) is 4.57. The van der Waals surface area contributed by atoms with E-state index in [-0.39, 0.29) is 12.4 Å². The maximum Gasteiger partial charge on any atom is 0.200 e. The van der Waals surface area contributed by atoms with Gasteiger partial charge in [-0.15, -0.1) is 0 Å². The predicted molar refractivity (Wildman–Crippen MR) is 81.6 cm³/mol. The number of hydrogen-bond acceptors (Lipinski definition) is 2. The first-order valence-corrected chi connectivity index (χ1v) is 6.92. The molecule has 0 N–H and O–H groups in total. The van der Waals surface area contributed by atoms with Gasteiger partial charge in [0.2, 0.25) is 0 Å². The Bertz CT molecular complexity index is 615. The summed E-state index contributed by atoms with van der Waals surface area (Å²) >= 11 is 0. The average molecular weight is 268 g/mol. The molecule has 0 radical (unpaired) electrons. The van der Waals surface area contributed by atoms with Gasteiger partial charge < -0.3 is 4.74 Å². The van der Waals surface area contributed by atoms with Gasteiger partial charge in [-0.05, 0) is 43.5 Å². The summed E-state index contributed by atoms with van der Waals surface area (Å²) in [6, 6.07) is 13.7. The molecule has 2 aromatic rings. The van der Waals surface area contributed by atoms with Gasteiger partial charge in [0, 0.05) is 5.56 Å². The second kappa shape index (κ2) is 6.38. The van der Waals surface area contributed by atoms with Crippen molar-refractivity contribution in [2.45, 2.75) is 27.2 Å². The van der Waals surface area contributed by atoms with Crippen molar-refractivity contribution in [3.8, 4) is 5.75 Å². The van der Waals surface area contributed by atoms with Crippen molar-refractivity contribution in [3.05, 3.63) is 64.7 Å². The number of rotatable bonds is 5. The van der Waals surface area contributed by atoms with Crippen LogP contribution in [0.2, 0.25) is 0 Å². The molecule has 0 atom stereocenters. The van der Waals surface area contributed by atoms with E-state index in [0.29, 0.717) is 0 Å². The zero-order chi connectivity index (χ0) is 14.5. The lowest BCUT2D eigenvalue weighted by molar-refractivity contribution is 0.0921. The highest BCUT2D eigenvalue weighted by Gasteiger charge is 2.10. The first-order chi connectivity index (χ1) is 9.60. The third-order valence-electron chi connectivity index (χ3n) is 3.36. The summed E-state index contributed by atoms with van der Waals surface area (Å²) in [5, 5.41) is 0. The van der Waals surface area contributed by atoms with E-state index in [1.807, 2.05) is 50.2 Å². The zero-order valence-corrected chi connectivity index (χ0v) is 12.3. The largest absolute Gasteiger partial charge is 0.485 e. The molecule has 0 spiro atoms. The van der Waals surface area contributed by atoms with Gasteiger partial charge >= 0.3 is 0 Å². The van der Waals surface area contributed by atoms with Crippen molar-refractivity contribution in [2.24, 2.45) is 0 Å². The van der Waals surface area contributed by atoms with E-state index in [1.54, 1.807) is 0 Å². The quantitative estimate of drug-likeness (QED) is 0.762. The van der Waals surface area contributed by atoms with E-state index in [2.05, 4.69) is 13.0 Å². The van der Waals surface area contributed by atoms with Crippen LogP contribution in [0.5, 0.6) is 5.75 Å². The van der Waals surface area contributed by atoms with Crippen molar-refractivity contribution >= 4 is 5.78 Å². The topological polar surface area (TPSA) is 26.3 Å². The van der Waals surface area contributed by atoms with Crippen LogP contribution in [0.25, 0.3) is 0 Å². The number of ketones is 1. The normalized spacial score (nSPS) is 10.3. The monoisotopic (exact) mass is 268 g/mol. The molecule has 2 rings (SSSR count). The van der Waals surface area contributed by atoms with E-state index in [0.717, 1.165) is 28.9 Å². The van der Waals surface area contributed by atoms with Crippen LogP contribution < -0.4 is 4.74 Å². The highest BCUT2D eigenvalue weighted by Crippen LogP contribution is 2.15. The van der Waals surface area contributed by atoms with Crippen LogP contribution >= 0.6 is 0 Å². The first kappa shape index (κ1) is 14.3. The minimum atomic E-state index is 0.0180. The van der Waals surface area contributed by atoms with Gasteiger partial charge in [-0.25, -0.2) is 0 Å². The summed E-state index contributed by atoms with van der Waals surface area (Å²) in [6.45, 7) is 6.16. The molecule has 0 aliphatic rings. The van der Waals surface area contributed by atoms with Gasteiger partial charge in [0.1, 0.15) is 5.75 Å². The highest BCUT2D eigenvalue weighted by molar-refractivity contribution is 5.98. The Morgan fingerprint density at radius 3 is 2.60 bits per heavy atom. The van der Waals surface area contributed by atoms with Crippen LogP contribution in [0.3, 0.4) is 0 Å². The van der Waals surface area contributed by atoms with Gasteiger partial charge in [-0.1, -0.05) is 42.8 Å². The molecule has 2 heteroatoms. The molecule has 0 aliphatic carbocycles. The molecular formula is C18H20O2. The fraction of sp³-hybridized carbons (Fsp3) is 0.278. The Hall–Kier alpha value is -2.09. The minimum Gasteiger partial charge on any atom is -0.485 e. The number of benzene rings is 2. The van der Waals surface area contributed by atoms with Gasteiger partial charge in [0.05, 0.1) is 0 Å². The Morgan fingerprint density at radius 1 is 1.10 bits per heavy atom. The van der Waals surface area contributed by atoms with Crippen LogP contribution in [-0.2, 0) is 6.42 Å². The van der Waals surface area contributed by atoms with Crippen LogP contribution in [0, 0.1) is 13.8 Å². The number of carbonyl (C=O) groups excluding carboxylic acids is 1. The molecule has 0 unspecified atom stereocenters. The molecule has 20 heavy (non-hydrogen) atoms.